The summed E-state index contributed by atoms with van der Waals surface area (Å²) in [5.41, 5.74) is 0.404. The van der Waals surface area contributed by atoms with Gasteiger partial charge in [0.1, 0.15) is 0 Å². The summed E-state index contributed by atoms with van der Waals surface area (Å²) in [4.78, 5) is 16.5. The Hall–Kier alpha value is -2.26. The largest absolute Gasteiger partial charge is 0.352 e. The SMILES string of the molecule is Cc1noc(CCNC(=O)c2ccc(S(=O)(=O)N3CC(C)CC(C)C3)cc2)n1. The van der Waals surface area contributed by atoms with E-state index in [2.05, 4.69) is 29.3 Å². The lowest BCUT2D eigenvalue weighted by Crippen LogP contribution is -2.42. The Kier molecular flexibility index (Phi) is 6.14. The number of nitrogens with zero attached hydrogens (tertiary/aromatic N) is 3. The molecule has 9 heteroatoms. The van der Waals surface area contributed by atoms with Crippen molar-refractivity contribution in [1.82, 2.24) is 19.8 Å². The van der Waals surface area contributed by atoms with Crippen molar-refractivity contribution in [2.24, 2.45) is 11.8 Å². The summed E-state index contributed by atoms with van der Waals surface area (Å²) in [6.45, 7) is 7.28. The normalized spacial score (nSPS) is 20.8. The summed E-state index contributed by atoms with van der Waals surface area (Å²) < 4.78 is 32.3. The predicted octanol–water partition coefficient (Wildman–Crippen LogP) is 2.02. The highest BCUT2D eigenvalue weighted by Crippen LogP contribution is 2.26. The molecule has 152 valence electrons. The van der Waals surface area contributed by atoms with E-state index in [1.54, 1.807) is 11.2 Å². The summed E-state index contributed by atoms with van der Waals surface area (Å²) in [5, 5.41) is 6.46. The average Bonchev–Trinajstić information content (AvgIpc) is 3.06. The molecule has 1 aromatic carbocycles. The molecule has 28 heavy (non-hydrogen) atoms. The van der Waals surface area contributed by atoms with Crippen molar-refractivity contribution >= 4 is 15.9 Å². The van der Waals surface area contributed by atoms with Gasteiger partial charge in [0.05, 0.1) is 4.90 Å². The molecule has 2 aromatic rings. The van der Waals surface area contributed by atoms with Gasteiger partial charge in [-0.15, -0.1) is 0 Å². The van der Waals surface area contributed by atoms with Crippen molar-refractivity contribution < 1.29 is 17.7 Å². The van der Waals surface area contributed by atoms with Crippen LogP contribution in [0.25, 0.3) is 0 Å². The van der Waals surface area contributed by atoms with E-state index in [1.807, 2.05) is 0 Å². The number of aryl methyl sites for hydroxylation is 1. The number of nitrogens with one attached hydrogen (secondary N) is 1. The van der Waals surface area contributed by atoms with Crippen LogP contribution in [0.1, 0.15) is 42.3 Å². The summed E-state index contributed by atoms with van der Waals surface area (Å²) in [5.74, 6) is 1.41. The highest BCUT2D eigenvalue weighted by Gasteiger charge is 2.31. The van der Waals surface area contributed by atoms with E-state index < -0.39 is 10.0 Å². The fourth-order valence-corrected chi connectivity index (χ4v) is 5.24. The maximum absolute atomic E-state index is 12.9. The van der Waals surface area contributed by atoms with E-state index in [0.29, 0.717) is 55.2 Å². The van der Waals surface area contributed by atoms with Gasteiger partial charge in [-0.25, -0.2) is 8.42 Å². The van der Waals surface area contributed by atoms with Gasteiger partial charge in [-0.1, -0.05) is 19.0 Å². The van der Waals surface area contributed by atoms with Crippen LogP contribution in [-0.2, 0) is 16.4 Å². The summed E-state index contributed by atoms with van der Waals surface area (Å²) >= 11 is 0. The van der Waals surface area contributed by atoms with Gasteiger partial charge < -0.3 is 9.84 Å². The predicted molar refractivity (Wildman–Crippen MR) is 103 cm³/mol. The first-order valence-corrected chi connectivity index (χ1v) is 10.9. The van der Waals surface area contributed by atoms with E-state index >= 15 is 0 Å². The number of rotatable bonds is 6. The molecule has 2 atom stereocenters. The van der Waals surface area contributed by atoms with Gasteiger partial charge in [0.15, 0.2) is 5.82 Å². The van der Waals surface area contributed by atoms with Crippen LogP contribution in [0.5, 0.6) is 0 Å². The van der Waals surface area contributed by atoms with E-state index in [0.717, 1.165) is 6.42 Å². The monoisotopic (exact) mass is 406 g/mol. The van der Waals surface area contributed by atoms with Crippen molar-refractivity contribution in [3.8, 4) is 0 Å². The number of hydrogen-bond acceptors (Lipinski definition) is 6. The second-order valence-electron chi connectivity index (χ2n) is 7.53. The second-order valence-corrected chi connectivity index (χ2v) is 9.47. The average molecular weight is 407 g/mol. The molecule has 0 spiro atoms. The molecule has 1 aliphatic rings. The number of carbonyl (C=O) groups excluding carboxylic acids is 1. The Morgan fingerprint density at radius 2 is 1.86 bits per heavy atom. The van der Waals surface area contributed by atoms with Gasteiger partial charge in [-0.05, 0) is 49.4 Å². The van der Waals surface area contributed by atoms with Crippen molar-refractivity contribution in [1.29, 1.82) is 0 Å². The quantitative estimate of drug-likeness (QED) is 0.787. The third-order valence-electron chi connectivity index (χ3n) is 4.78. The molecule has 3 rings (SSSR count). The Morgan fingerprint density at radius 3 is 2.43 bits per heavy atom. The lowest BCUT2D eigenvalue weighted by molar-refractivity contribution is 0.0953. The number of piperidine rings is 1. The molecule has 0 bridgehead atoms. The minimum absolute atomic E-state index is 0.215. The van der Waals surface area contributed by atoms with E-state index in [4.69, 9.17) is 4.52 Å². The first kappa shape index (κ1) is 20.5. The third kappa shape index (κ3) is 4.77. The second kappa shape index (κ2) is 8.40. The van der Waals surface area contributed by atoms with E-state index in [-0.39, 0.29) is 10.8 Å². The molecule has 0 aliphatic carbocycles. The summed E-state index contributed by atoms with van der Waals surface area (Å²) in [6.07, 6.45) is 1.47. The van der Waals surface area contributed by atoms with Crippen molar-refractivity contribution in [3.63, 3.8) is 0 Å². The Bertz CT molecular complexity index is 914. The van der Waals surface area contributed by atoms with E-state index in [9.17, 15) is 13.2 Å². The number of aromatic nitrogens is 2. The first-order chi connectivity index (χ1) is 13.3. The van der Waals surface area contributed by atoms with Crippen LogP contribution in [0.15, 0.2) is 33.7 Å². The molecule has 1 amide bonds. The van der Waals surface area contributed by atoms with Gasteiger partial charge in [0.2, 0.25) is 15.9 Å². The lowest BCUT2D eigenvalue weighted by Gasteiger charge is -2.34. The standard InChI is InChI=1S/C19H26N4O4S/c1-13-10-14(2)12-23(11-13)28(25,26)17-6-4-16(5-7-17)19(24)20-9-8-18-21-15(3)22-27-18/h4-7,13-14H,8-12H2,1-3H3,(H,20,24). The highest BCUT2D eigenvalue weighted by atomic mass is 32.2. The van der Waals surface area contributed by atoms with Gasteiger partial charge in [0.25, 0.3) is 5.91 Å². The van der Waals surface area contributed by atoms with Gasteiger partial charge in [-0.2, -0.15) is 9.29 Å². The molecular weight excluding hydrogens is 380 g/mol. The molecule has 1 aromatic heterocycles. The summed E-state index contributed by atoms with van der Waals surface area (Å²) in [6, 6.07) is 6.07. The van der Waals surface area contributed by atoms with Crippen LogP contribution >= 0.6 is 0 Å². The van der Waals surface area contributed by atoms with Crippen LogP contribution in [0.3, 0.4) is 0 Å². The summed E-state index contributed by atoms with van der Waals surface area (Å²) in [7, 11) is -3.55. The third-order valence-corrected chi connectivity index (χ3v) is 6.63. The first-order valence-electron chi connectivity index (χ1n) is 9.43. The fraction of sp³-hybridized carbons (Fsp3) is 0.526. The minimum Gasteiger partial charge on any atom is -0.352 e. The molecule has 1 saturated heterocycles. The molecule has 0 radical (unpaired) electrons. The zero-order valence-corrected chi connectivity index (χ0v) is 17.2. The Morgan fingerprint density at radius 1 is 1.21 bits per heavy atom. The zero-order chi connectivity index (χ0) is 20.3. The van der Waals surface area contributed by atoms with Crippen LogP contribution in [0.4, 0.5) is 0 Å². The maximum Gasteiger partial charge on any atom is 0.251 e. The van der Waals surface area contributed by atoms with E-state index in [1.165, 1.54) is 24.3 Å². The van der Waals surface area contributed by atoms with Gasteiger partial charge in [-0.3, -0.25) is 4.79 Å². The smallest absolute Gasteiger partial charge is 0.251 e. The van der Waals surface area contributed by atoms with Crippen LogP contribution in [-0.4, -0.2) is 48.4 Å². The van der Waals surface area contributed by atoms with Crippen LogP contribution in [0.2, 0.25) is 0 Å². The molecule has 0 saturated carbocycles. The lowest BCUT2D eigenvalue weighted by atomic mass is 9.94. The topological polar surface area (TPSA) is 105 Å². The molecule has 1 fully saturated rings. The minimum atomic E-state index is -3.55. The highest BCUT2D eigenvalue weighted by molar-refractivity contribution is 7.89. The van der Waals surface area contributed by atoms with Crippen LogP contribution < -0.4 is 5.32 Å². The molecule has 2 unspecified atom stereocenters. The molecule has 2 heterocycles. The maximum atomic E-state index is 12.9. The molecule has 1 N–H and O–H groups in total. The van der Waals surface area contributed by atoms with Crippen LogP contribution in [0, 0.1) is 18.8 Å². The number of hydrogen-bond donors (Lipinski definition) is 1. The van der Waals surface area contributed by atoms with Crippen molar-refractivity contribution in [2.75, 3.05) is 19.6 Å². The van der Waals surface area contributed by atoms with Gasteiger partial charge in [0, 0.05) is 31.6 Å². The molecular formula is C19H26N4O4S. The Balaban J connectivity index is 1.61. The molecule has 8 nitrogen and oxygen atoms in total. The fourth-order valence-electron chi connectivity index (χ4n) is 3.56. The van der Waals surface area contributed by atoms with Crippen molar-refractivity contribution in [3.05, 3.63) is 41.5 Å². The Labute approximate surface area is 165 Å². The van der Waals surface area contributed by atoms with Crippen molar-refractivity contribution in [2.45, 2.75) is 38.5 Å². The number of carbonyl (C=O) groups is 1. The number of benzene rings is 1. The van der Waals surface area contributed by atoms with Gasteiger partial charge >= 0.3 is 0 Å². The molecule has 1 aliphatic heterocycles. The zero-order valence-electron chi connectivity index (χ0n) is 16.4. The number of sulfonamides is 1. The number of amides is 1.